The molecule has 0 fully saturated rings. The minimum absolute atomic E-state index is 0.623. The van der Waals surface area contributed by atoms with Crippen molar-refractivity contribution in [2.45, 2.75) is 31.2 Å². The molecule has 1 aromatic rings. The Hall–Kier alpha value is -0.480. The van der Waals surface area contributed by atoms with Crippen molar-refractivity contribution >= 4 is 29.3 Å². The first kappa shape index (κ1) is 12.6. The third-order valence-corrected chi connectivity index (χ3v) is 3.39. The average Bonchev–Trinajstić information content (AvgIpc) is 2.26. The van der Waals surface area contributed by atoms with Gasteiger partial charge >= 0.3 is 0 Å². The van der Waals surface area contributed by atoms with E-state index in [1.54, 1.807) is 25.0 Å². The monoisotopic (exact) mass is 245 g/mol. The van der Waals surface area contributed by atoms with E-state index >= 15 is 0 Å². The molecule has 1 aromatic heterocycles. The minimum atomic E-state index is 0.623. The fourth-order valence-electron chi connectivity index (χ4n) is 1.09. The Morgan fingerprint density at radius 3 is 2.93 bits per heavy atom. The lowest BCUT2D eigenvalue weighted by molar-refractivity contribution is 0.778. The quantitative estimate of drug-likeness (QED) is 0.473. The summed E-state index contributed by atoms with van der Waals surface area (Å²) < 4.78 is 0. The van der Waals surface area contributed by atoms with Crippen LogP contribution in [0.2, 0.25) is 5.02 Å². The number of nitrogens with zero attached hydrogens (tertiary/aromatic N) is 2. The van der Waals surface area contributed by atoms with Crippen LogP contribution in [0.5, 0.6) is 0 Å². The van der Waals surface area contributed by atoms with Crippen molar-refractivity contribution in [2.24, 2.45) is 0 Å². The van der Waals surface area contributed by atoms with Gasteiger partial charge in [-0.2, -0.15) is 0 Å². The van der Waals surface area contributed by atoms with Crippen LogP contribution in [0.1, 0.15) is 26.2 Å². The maximum absolute atomic E-state index is 5.99. The third-order valence-electron chi connectivity index (χ3n) is 1.92. The second kappa shape index (κ2) is 6.90. The van der Waals surface area contributed by atoms with E-state index in [1.807, 2.05) is 0 Å². The zero-order valence-electron chi connectivity index (χ0n) is 9.09. The summed E-state index contributed by atoms with van der Waals surface area (Å²) in [5, 5.41) is 4.40. The van der Waals surface area contributed by atoms with Crippen LogP contribution in [0.3, 0.4) is 0 Å². The molecular weight excluding hydrogens is 230 g/mol. The van der Waals surface area contributed by atoms with Gasteiger partial charge < -0.3 is 5.32 Å². The molecule has 1 heterocycles. The van der Waals surface area contributed by atoms with Crippen molar-refractivity contribution in [2.75, 3.05) is 18.1 Å². The summed E-state index contributed by atoms with van der Waals surface area (Å²) in [5.41, 5.74) is 0. The second-order valence-electron chi connectivity index (χ2n) is 3.15. The molecular formula is C10H16ClN3S. The summed E-state index contributed by atoms with van der Waals surface area (Å²) in [6.07, 6.45) is 5.34. The van der Waals surface area contributed by atoms with Gasteiger partial charge in [-0.1, -0.05) is 31.4 Å². The summed E-state index contributed by atoms with van der Waals surface area (Å²) in [6.45, 7) is 2.20. The largest absolute Gasteiger partial charge is 0.357 e. The van der Waals surface area contributed by atoms with Crippen LogP contribution in [0, 0.1) is 0 Å². The lowest BCUT2D eigenvalue weighted by Gasteiger charge is -2.04. The predicted octanol–water partition coefficient (Wildman–Crippen LogP) is 3.45. The van der Waals surface area contributed by atoms with Crippen molar-refractivity contribution in [3.05, 3.63) is 11.2 Å². The topological polar surface area (TPSA) is 37.8 Å². The molecule has 0 spiro atoms. The molecule has 15 heavy (non-hydrogen) atoms. The Morgan fingerprint density at radius 2 is 2.27 bits per heavy atom. The van der Waals surface area contributed by atoms with Crippen LogP contribution in [-0.4, -0.2) is 22.8 Å². The highest BCUT2D eigenvalue weighted by Gasteiger charge is 2.04. The molecule has 1 N–H and O–H groups in total. The Kier molecular flexibility index (Phi) is 5.79. The fraction of sp³-hybridized carbons (Fsp3) is 0.600. The van der Waals surface area contributed by atoms with Gasteiger partial charge in [-0.15, -0.1) is 11.8 Å². The standard InChI is InChI=1S/C10H16ClN3S/c1-3-4-5-6-15-9-8(11)7-13-10(12-2)14-9/h7H,3-6H2,1-2H3,(H,12,13,14). The Morgan fingerprint density at radius 1 is 1.47 bits per heavy atom. The molecule has 0 saturated heterocycles. The maximum Gasteiger partial charge on any atom is 0.223 e. The van der Waals surface area contributed by atoms with Gasteiger partial charge in [0.25, 0.3) is 0 Å². The molecule has 0 radical (unpaired) electrons. The van der Waals surface area contributed by atoms with Gasteiger partial charge in [-0.3, -0.25) is 0 Å². The van der Waals surface area contributed by atoms with E-state index in [2.05, 4.69) is 22.2 Å². The van der Waals surface area contributed by atoms with Crippen LogP contribution < -0.4 is 5.32 Å². The molecule has 0 amide bonds. The molecule has 0 aromatic carbocycles. The van der Waals surface area contributed by atoms with Crippen LogP contribution in [0.15, 0.2) is 11.2 Å². The number of aromatic nitrogens is 2. The molecule has 0 unspecified atom stereocenters. The van der Waals surface area contributed by atoms with E-state index in [9.17, 15) is 0 Å². The molecule has 0 bridgehead atoms. The number of hydrogen-bond acceptors (Lipinski definition) is 4. The molecule has 1 rings (SSSR count). The van der Waals surface area contributed by atoms with Gasteiger partial charge in [0.1, 0.15) is 5.03 Å². The van der Waals surface area contributed by atoms with Gasteiger partial charge in [0.05, 0.1) is 11.2 Å². The molecule has 0 saturated carbocycles. The van der Waals surface area contributed by atoms with Gasteiger partial charge in [-0.05, 0) is 12.2 Å². The summed E-state index contributed by atoms with van der Waals surface area (Å²) in [5.74, 6) is 1.69. The van der Waals surface area contributed by atoms with Gasteiger partial charge in [0, 0.05) is 7.05 Å². The van der Waals surface area contributed by atoms with Crippen molar-refractivity contribution in [3.8, 4) is 0 Å². The summed E-state index contributed by atoms with van der Waals surface area (Å²) in [6, 6.07) is 0. The lowest BCUT2D eigenvalue weighted by atomic mass is 10.3. The van der Waals surface area contributed by atoms with Crippen molar-refractivity contribution in [3.63, 3.8) is 0 Å². The minimum Gasteiger partial charge on any atom is -0.357 e. The number of thioether (sulfide) groups is 1. The van der Waals surface area contributed by atoms with E-state index < -0.39 is 0 Å². The molecule has 3 nitrogen and oxygen atoms in total. The fourth-order valence-corrected chi connectivity index (χ4v) is 2.23. The lowest BCUT2D eigenvalue weighted by Crippen LogP contribution is -1.97. The van der Waals surface area contributed by atoms with Crippen molar-refractivity contribution < 1.29 is 0 Å². The van der Waals surface area contributed by atoms with Crippen molar-refractivity contribution in [1.29, 1.82) is 0 Å². The Labute approximate surface area is 100 Å². The normalized spacial score (nSPS) is 10.3. The highest BCUT2D eigenvalue weighted by Crippen LogP contribution is 2.26. The molecule has 0 aliphatic rings. The average molecular weight is 246 g/mol. The Balaban J connectivity index is 2.51. The summed E-state index contributed by atoms with van der Waals surface area (Å²) in [4.78, 5) is 8.33. The third kappa shape index (κ3) is 4.26. The summed E-state index contributed by atoms with van der Waals surface area (Å²) in [7, 11) is 1.80. The summed E-state index contributed by atoms with van der Waals surface area (Å²) >= 11 is 7.69. The highest BCUT2D eigenvalue weighted by molar-refractivity contribution is 7.99. The zero-order valence-corrected chi connectivity index (χ0v) is 10.7. The zero-order chi connectivity index (χ0) is 11.1. The van der Waals surface area contributed by atoms with Gasteiger partial charge in [0.2, 0.25) is 5.95 Å². The molecule has 0 aliphatic heterocycles. The van der Waals surface area contributed by atoms with E-state index in [0.717, 1.165) is 10.8 Å². The molecule has 84 valence electrons. The van der Waals surface area contributed by atoms with Crippen LogP contribution in [-0.2, 0) is 0 Å². The number of nitrogens with one attached hydrogen (secondary N) is 1. The predicted molar refractivity (Wildman–Crippen MR) is 66.8 cm³/mol. The van der Waals surface area contributed by atoms with Crippen molar-refractivity contribution in [1.82, 2.24) is 9.97 Å². The second-order valence-corrected chi connectivity index (χ2v) is 4.64. The number of anilines is 1. The number of hydrogen-bond donors (Lipinski definition) is 1. The number of unbranched alkanes of at least 4 members (excludes halogenated alkanes) is 2. The van der Waals surface area contributed by atoms with Crippen LogP contribution in [0.25, 0.3) is 0 Å². The molecule has 0 aliphatic carbocycles. The highest BCUT2D eigenvalue weighted by atomic mass is 35.5. The maximum atomic E-state index is 5.99. The number of rotatable bonds is 6. The van der Waals surface area contributed by atoms with E-state index in [-0.39, 0.29) is 0 Å². The number of halogens is 1. The SMILES string of the molecule is CCCCCSc1nc(NC)ncc1Cl. The van der Waals surface area contributed by atoms with Gasteiger partial charge in [-0.25, -0.2) is 9.97 Å². The smallest absolute Gasteiger partial charge is 0.223 e. The Bertz CT molecular complexity index is 307. The van der Waals surface area contributed by atoms with Gasteiger partial charge in [0.15, 0.2) is 0 Å². The molecule has 5 heteroatoms. The van der Waals surface area contributed by atoms with E-state index in [0.29, 0.717) is 11.0 Å². The van der Waals surface area contributed by atoms with E-state index in [4.69, 9.17) is 11.6 Å². The van der Waals surface area contributed by atoms with Crippen LogP contribution in [0.4, 0.5) is 5.95 Å². The molecule has 0 atom stereocenters. The first-order chi connectivity index (χ1) is 7.27. The van der Waals surface area contributed by atoms with E-state index in [1.165, 1.54) is 19.3 Å². The first-order valence-electron chi connectivity index (χ1n) is 5.11. The van der Waals surface area contributed by atoms with Crippen LogP contribution >= 0.6 is 23.4 Å². The first-order valence-corrected chi connectivity index (χ1v) is 6.47.